The molecule has 5 nitrogen and oxygen atoms in total. The largest absolute Gasteiger partial charge is 0.339 e. The molecule has 112 valence electrons. The second-order valence-electron chi connectivity index (χ2n) is 5.87. The zero-order valence-electron chi connectivity index (χ0n) is 12.7. The second-order valence-corrected chi connectivity index (χ2v) is 5.87. The summed E-state index contributed by atoms with van der Waals surface area (Å²) in [5.41, 5.74) is 1.91. The van der Waals surface area contributed by atoms with Crippen LogP contribution < -0.4 is 5.32 Å². The molecule has 2 aromatic heterocycles. The Labute approximate surface area is 125 Å². The van der Waals surface area contributed by atoms with Crippen molar-refractivity contribution in [2.24, 2.45) is 5.92 Å². The van der Waals surface area contributed by atoms with Crippen LogP contribution in [0.1, 0.15) is 37.1 Å². The topological polar surface area (TPSA) is 63.8 Å². The van der Waals surface area contributed by atoms with Gasteiger partial charge in [-0.1, -0.05) is 18.0 Å². The first-order valence-electron chi connectivity index (χ1n) is 7.69. The highest BCUT2D eigenvalue weighted by atomic mass is 16.5. The average molecular weight is 286 g/mol. The van der Waals surface area contributed by atoms with E-state index in [1.54, 1.807) is 6.20 Å². The molecule has 0 radical (unpaired) electrons. The summed E-state index contributed by atoms with van der Waals surface area (Å²) in [4.78, 5) is 8.80. The van der Waals surface area contributed by atoms with E-state index in [-0.39, 0.29) is 0 Å². The first-order valence-corrected chi connectivity index (χ1v) is 7.69. The monoisotopic (exact) mass is 286 g/mol. The lowest BCUT2D eigenvalue weighted by Crippen LogP contribution is -2.34. The van der Waals surface area contributed by atoms with E-state index in [1.807, 2.05) is 26.1 Å². The molecule has 0 amide bonds. The Morgan fingerprint density at radius 3 is 2.90 bits per heavy atom. The van der Waals surface area contributed by atoms with Crippen molar-refractivity contribution in [1.82, 2.24) is 20.4 Å². The summed E-state index contributed by atoms with van der Waals surface area (Å²) in [5.74, 6) is 2.00. The fraction of sp³-hybridized carbons (Fsp3) is 0.562. The molecule has 0 bridgehead atoms. The van der Waals surface area contributed by atoms with E-state index in [9.17, 15) is 0 Å². The molecule has 1 atom stereocenters. The number of hydrogen-bond donors (Lipinski definition) is 1. The predicted octanol–water partition coefficient (Wildman–Crippen LogP) is 2.76. The third kappa shape index (κ3) is 3.29. The molecule has 1 N–H and O–H groups in total. The van der Waals surface area contributed by atoms with Gasteiger partial charge in [0.15, 0.2) is 0 Å². The third-order valence-electron chi connectivity index (χ3n) is 4.35. The van der Waals surface area contributed by atoms with E-state index in [0.29, 0.717) is 17.8 Å². The summed E-state index contributed by atoms with van der Waals surface area (Å²) in [6, 6.07) is 4.36. The number of nitrogens with one attached hydrogen (secondary N) is 1. The minimum Gasteiger partial charge on any atom is -0.339 e. The lowest BCUT2D eigenvalue weighted by molar-refractivity contribution is 0.318. The summed E-state index contributed by atoms with van der Waals surface area (Å²) < 4.78 is 5.41. The van der Waals surface area contributed by atoms with Gasteiger partial charge >= 0.3 is 0 Å². The molecule has 0 aliphatic heterocycles. The molecule has 1 saturated carbocycles. The van der Waals surface area contributed by atoms with Gasteiger partial charge in [-0.2, -0.15) is 4.98 Å². The van der Waals surface area contributed by atoms with Crippen molar-refractivity contribution in [2.75, 3.05) is 7.05 Å². The standard InChI is InChI=1S/C16H22N4O/c1-11-7-8-18-14(9-11)16-19-15(21-20-16)10-13(17-2)12-5-3-4-6-12/h7-9,12-13,17H,3-6,10H2,1-2H3. The summed E-state index contributed by atoms with van der Waals surface area (Å²) >= 11 is 0. The Bertz CT molecular complexity index is 589. The molecule has 1 fully saturated rings. The molecular weight excluding hydrogens is 264 g/mol. The third-order valence-corrected chi connectivity index (χ3v) is 4.35. The zero-order chi connectivity index (χ0) is 14.7. The fourth-order valence-electron chi connectivity index (χ4n) is 3.15. The van der Waals surface area contributed by atoms with Crippen LogP contribution in [0, 0.1) is 12.8 Å². The van der Waals surface area contributed by atoms with Crippen LogP contribution in [-0.2, 0) is 6.42 Å². The van der Waals surface area contributed by atoms with Gasteiger partial charge in [-0.05, 0) is 50.4 Å². The van der Waals surface area contributed by atoms with Crippen molar-refractivity contribution in [3.05, 3.63) is 29.8 Å². The molecule has 5 heteroatoms. The zero-order valence-corrected chi connectivity index (χ0v) is 12.7. The van der Waals surface area contributed by atoms with E-state index in [1.165, 1.54) is 25.7 Å². The molecule has 1 aliphatic carbocycles. The van der Waals surface area contributed by atoms with Crippen LogP contribution in [0.15, 0.2) is 22.9 Å². The van der Waals surface area contributed by atoms with Crippen LogP contribution in [0.5, 0.6) is 0 Å². The van der Waals surface area contributed by atoms with Crippen molar-refractivity contribution in [3.8, 4) is 11.5 Å². The van der Waals surface area contributed by atoms with Crippen molar-refractivity contribution in [1.29, 1.82) is 0 Å². The molecule has 2 heterocycles. The van der Waals surface area contributed by atoms with Crippen molar-refractivity contribution >= 4 is 0 Å². The van der Waals surface area contributed by atoms with Crippen LogP contribution in [0.25, 0.3) is 11.5 Å². The van der Waals surface area contributed by atoms with Gasteiger partial charge in [0.05, 0.1) is 0 Å². The Balaban J connectivity index is 1.72. The van der Waals surface area contributed by atoms with E-state index < -0.39 is 0 Å². The Morgan fingerprint density at radius 1 is 1.38 bits per heavy atom. The molecule has 1 aliphatic rings. The second kappa shape index (κ2) is 6.35. The minimum atomic E-state index is 0.422. The summed E-state index contributed by atoms with van der Waals surface area (Å²) in [7, 11) is 2.02. The molecule has 3 rings (SSSR count). The van der Waals surface area contributed by atoms with Gasteiger partial charge in [0, 0.05) is 18.7 Å². The normalized spacial score (nSPS) is 17.2. The highest BCUT2D eigenvalue weighted by Crippen LogP contribution is 2.29. The smallest absolute Gasteiger partial charge is 0.228 e. The molecule has 1 unspecified atom stereocenters. The number of hydrogen-bond acceptors (Lipinski definition) is 5. The summed E-state index contributed by atoms with van der Waals surface area (Å²) in [5, 5.41) is 7.47. The van der Waals surface area contributed by atoms with Crippen LogP contribution in [0.2, 0.25) is 0 Å². The van der Waals surface area contributed by atoms with Crippen molar-refractivity contribution in [2.45, 2.75) is 45.1 Å². The van der Waals surface area contributed by atoms with Crippen LogP contribution in [0.4, 0.5) is 0 Å². The summed E-state index contributed by atoms with van der Waals surface area (Å²) in [6.07, 6.45) is 7.84. The van der Waals surface area contributed by atoms with E-state index in [4.69, 9.17) is 4.52 Å². The molecule has 0 saturated heterocycles. The van der Waals surface area contributed by atoms with Crippen LogP contribution in [-0.4, -0.2) is 28.2 Å². The molecule has 0 aromatic carbocycles. The molecule has 0 spiro atoms. The first kappa shape index (κ1) is 14.2. The van der Waals surface area contributed by atoms with Gasteiger partial charge in [0.2, 0.25) is 11.7 Å². The number of nitrogens with zero attached hydrogens (tertiary/aromatic N) is 3. The maximum atomic E-state index is 5.41. The van der Waals surface area contributed by atoms with Gasteiger partial charge in [-0.15, -0.1) is 0 Å². The van der Waals surface area contributed by atoms with Crippen molar-refractivity contribution in [3.63, 3.8) is 0 Å². The Morgan fingerprint density at radius 2 is 2.19 bits per heavy atom. The van der Waals surface area contributed by atoms with Gasteiger partial charge in [0.25, 0.3) is 0 Å². The molecule has 21 heavy (non-hydrogen) atoms. The van der Waals surface area contributed by atoms with Gasteiger partial charge in [-0.3, -0.25) is 4.98 Å². The van der Waals surface area contributed by atoms with Crippen LogP contribution in [0.3, 0.4) is 0 Å². The SMILES string of the molecule is CNC(Cc1nc(-c2cc(C)ccn2)no1)C1CCCC1. The highest BCUT2D eigenvalue weighted by Gasteiger charge is 2.25. The predicted molar refractivity (Wildman–Crippen MR) is 80.8 cm³/mol. The number of rotatable bonds is 5. The maximum absolute atomic E-state index is 5.41. The minimum absolute atomic E-state index is 0.422. The van der Waals surface area contributed by atoms with Gasteiger partial charge < -0.3 is 9.84 Å². The lowest BCUT2D eigenvalue weighted by atomic mass is 9.95. The molecular formula is C16H22N4O. The maximum Gasteiger partial charge on any atom is 0.228 e. The number of likely N-dealkylation sites (N-methyl/N-ethyl adjacent to an activating group) is 1. The fourth-order valence-corrected chi connectivity index (χ4v) is 3.15. The van der Waals surface area contributed by atoms with Gasteiger partial charge in [-0.25, -0.2) is 0 Å². The quantitative estimate of drug-likeness (QED) is 0.915. The van der Waals surface area contributed by atoms with Crippen LogP contribution >= 0.6 is 0 Å². The Hall–Kier alpha value is -1.75. The van der Waals surface area contributed by atoms with E-state index in [0.717, 1.165) is 23.6 Å². The molecule has 2 aromatic rings. The van der Waals surface area contributed by atoms with Crippen molar-refractivity contribution < 1.29 is 4.52 Å². The Kier molecular flexibility index (Phi) is 4.29. The summed E-state index contributed by atoms with van der Waals surface area (Å²) in [6.45, 7) is 2.03. The van der Waals surface area contributed by atoms with Gasteiger partial charge in [0.1, 0.15) is 5.69 Å². The highest BCUT2D eigenvalue weighted by molar-refractivity contribution is 5.48. The van der Waals surface area contributed by atoms with E-state index >= 15 is 0 Å². The number of aryl methyl sites for hydroxylation is 1. The lowest BCUT2D eigenvalue weighted by Gasteiger charge is -2.20. The number of aromatic nitrogens is 3. The number of pyridine rings is 1. The first-order chi connectivity index (χ1) is 10.3. The van der Waals surface area contributed by atoms with E-state index in [2.05, 4.69) is 20.4 Å². The average Bonchev–Trinajstić information content (AvgIpc) is 3.16.